The minimum absolute atomic E-state index is 0.0606. The molecule has 0 bridgehead atoms. The normalized spacial score (nSPS) is 11.1. The Bertz CT molecular complexity index is 346. The van der Waals surface area contributed by atoms with Gasteiger partial charge in [0.15, 0.2) is 0 Å². The molecule has 3 N–H and O–H groups in total. The Morgan fingerprint density at radius 3 is 2.72 bits per heavy atom. The lowest BCUT2D eigenvalue weighted by Gasteiger charge is -2.12. The molecule has 0 saturated heterocycles. The van der Waals surface area contributed by atoms with Gasteiger partial charge in [-0.3, -0.25) is 0 Å². The molecule has 0 aromatic heterocycles. The Hall–Kier alpha value is -2.00. The first-order valence-electron chi connectivity index (χ1n) is 5.40. The summed E-state index contributed by atoms with van der Waals surface area (Å²) >= 11 is 0. The summed E-state index contributed by atoms with van der Waals surface area (Å²) in [6.45, 7) is 6.52. The lowest BCUT2D eigenvalue weighted by molar-refractivity contribution is -0.139. The summed E-state index contributed by atoms with van der Waals surface area (Å²) < 4.78 is 5.15. The fourth-order valence-electron chi connectivity index (χ4n) is 1.01. The van der Waals surface area contributed by atoms with E-state index in [0.717, 1.165) is 5.57 Å². The first-order valence-corrected chi connectivity index (χ1v) is 5.40. The van der Waals surface area contributed by atoms with Crippen LogP contribution in [-0.2, 0) is 9.53 Å². The molecule has 0 aromatic rings. The number of carbonyl (C=O) groups excluding carboxylic acids is 1. The van der Waals surface area contributed by atoms with Gasteiger partial charge in [0, 0.05) is 13.0 Å². The van der Waals surface area contributed by atoms with Gasteiger partial charge < -0.3 is 20.5 Å². The molecule has 100 valence electrons. The zero-order valence-electron chi connectivity index (χ0n) is 10.4. The molecule has 0 radical (unpaired) electrons. The summed E-state index contributed by atoms with van der Waals surface area (Å²) in [6, 6.07) is -1.66. The van der Waals surface area contributed by atoms with Crippen molar-refractivity contribution in [2.24, 2.45) is 0 Å². The molecule has 6 nitrogen and oxygen atoms in total. The van der Waals surface area contributed by atoms with Gasteiger partial charge in [-0.2, -0.15) is 0 Å². The number of carbonyl (C=O) groups is 2. The summed E-state index contributed by atoms with van der Waals surface area (Å²) in [4.78, 5) is 22.0. The minimum Gasteiger partial charge on any atom is -0.480 e. The molecule has 0 aliphatic carbocycles. The Balaban J connectivity index is 3.79. The van der Waals surface area contributed by atoms with Crippen LogP contribution in [0, 0.1) is 12.3 Å². The molecule has 0 aliphatic rings. The highest BCUT2D eigenvalue weighted by Gasteiger charge is 2.18. The molecule has 0 aliphatic heterocycles. The Kier molecular flexibility index (Phi) is 8.07. The fraction of sp³-hybridized carbons (Fsp3) is 0.500. The highest BCUT2D eigenvalue weighted by molar-refractivity contribution is 5.82. The van der Waals surface area contributed by atoms with E-state index < -0.39 is 18.0 Å². The van der Waals surface area contributed by atoms with Crippen LogP contribution in [0.3, 0.4) is 0 Å². The molecule has 6 heteroatoms. The van der Waals surface area contributed by atoms with Gasteiger partial charge in [-0.15, -0.1) is 12.3 Å². The zero-order chi connectivity index (χ0) is 14.0. The van der Waals surface area contributed by atoms with Crippen molar-refractivity contribution in [1.29, 1.82) is 0 Å². The highest BCUT2D eigenvalue weighted by Crippen LogP contribution is 1.90. The van der Waals surface area contributed by atoms with Crippen LogP contribution in [0.25, 0.3) is 0 Å². The van der Waals surface area contributed by atoms with Crippen LogP contribution < -0.4 is 10.6 Å². The predicted octanol–water partition coefficient (Wildman–Crippen LogP) is 0.355. The van der Waals surface area contributed by atoms with Crippen LogP contribution in [0.4, 0.5) is 4.79 Å². The van der Waals surface area contributed by atoms with Crippen molar-refractivity contribution < 1.29 is 19.4 Å². The maximum atomic E-state index is 11.3. The molecule has 18 heavy (non-hydrogen) atoms. The Morgan fingerprint density at radius 2 is 2.22 bits per heavy atom. The van der Waals surface area contributed by atoms with Crippen LogP contribution >= 0.6 is 0 Å². The van der Waals surface area contributed by atoms with Gasteiger partial charge in [-0.1, -0.05) is 12.2 Å². The number of aliphatic carboxylic acids is 1. The fourth-order valence-corrected chi connectivity index (χ4v) is 1.01. The summed E-state index contributed by atoms with van der Waals surface area (Å²) in [7, 11) is 0. The van der Waals surface area contributed by atoms with Gasteiger partial charge in [-0.05, 0) is 6.92 Å². The van der Waals surface area contributed by atoms with E-state index in [-0.39, 0.29) is 13.0 Å². The largest absolute Gasteiger partial charge is 0.480 e. The van der Waals surface area contributed by atoms with Crippen molar-refractivity contribution in [3.05, 3.63) is 12.2 Å². The molecular weight excluding hydrogens is 236 g/mol. The van der Waals surface area contributed by atoms with Crippen LogP contribution in [0.2, 0.25) is 0 Å². The predicted molar refractivity (Wildman–Crippen MR) is 67.0 cm³/mol. The van der Waals surface area contributed by atoms with Gasteiger partial charge >= 0.3 is 12.0 Å². The number of hydrogen-bond acceptors (Lipinski definition) is 3. The van der Waals surface area contributed by atoms with Gasteiger partial charge in [0.2, 0.25) is 0 Å². The molecule has 2 amide bonds. The second kappa shape index (κ2) is 9.07. The summed E-state index contributed by atoms with van der Waals surface area (Å²) in [6.07, 6.45) is 4.94. The maximum absolute atomic E-state index is 11.3. The van der Waals surface area contributed by atoms with E-state index in [2.05, 4.69) is 23.1 Å². The zero-order valence-corrected chi connectivity index (χ0v) is 10.4. The van der Waals surface area contributed by atoms with Crippen molar-refractivity contribution >= 4 is 12.0 Å². The number of hydrogen-bond donors (Lipinski definition) is 3. The summed E-state index contributed by atoms with van der Waals surface area (Å²) in [5.74, 6) is 1.02. The number of amides is 2. The van der Waals surface area contributed by atoms with Crippen molar-refractivity contribution in [1.82, 2.24) is 10.6 Å². The molecule has 1 unspecified atom stereocenters. The van der Waals surface area contributed by atoms with Crippen LogP contribution in [0.1, 0.15) is 13.3 Å². The van der Waals surface area contributed by atoms with Crippen molar-refractivity contribution in [2.75, 3.05) is 19.8 Å². The second-order valence-electron chi connectivity index (χ2n) is 3.71. The van der Waals surface area contributed by atoms with Gasteiger partial charge in [-0.25, -0.2) is 9.59 Å². The topological polar surface area (TPSA) is 87.7 Å². The van der Waals surface area contributed by atoms with E-state index in [1.807, 2.05) is 6.92 Å². The Morgan fingerprint density at radius 1 is 1.56 bits per heavy atom. The third-order valence-corrected chi connectivity index (χ3v) is 1.81. The van der Waals surface area contributed by atoms with E-state index in [1.54, 1.807) is 0 Å². The van der Waals surface area contributed by atoms with E-state index in [0.29, 0.717) is 13.2 Å². The number of rotatable bonds is 8. The average Bonchev–Trinajstić information content (AvgIpc) is 2.27. The molecule has 0 heterocycles. The quantitative estimate of drug-likeness (QED) is 0.331. The second-order valence-corrected chi connectivity index (χ2v) is 3.71. The van der Waals surface area contributed by atoms with Crippen LogP contribution in [-0.4, -0.2) is 42.9 Å². The first-order chi connectivity index (χ1) is 8.47. The summed E-state index contributed by atoms with van der Waals surface area (Å²) in [5, 5.41) is 13.5. The lowest BCUT2D eigenvalue weighted by Crippen LogP contribution is -2.46. The number of carboxylic acids is 1. The van der Waals surface area contributed by atoms with Crippen molar-refractivity contribution in [3.63, 3.8) is 0 Å². The molecule has 0 rings (SSSR count). The number of nitrogens with one attached hydrogen (secondary N) is 2. The average molecular weight is 254 g/mol. The standard InChI is InChI=1S/C12H18N2O4/c1-4-5-10(11(15)16)14-12(17)13-6-7-18-8-9(2)3/h1,10H,2,5-8H2,3H3,(H,15,16)(H2,13,14,17). The molecular formula is C12H18N2O4. The van der Waals surface area contributed by atoms with Crippen molar-refractivity contribution in [2.45, 2.75) is 19.4 Å². The van der Waals surface area contributed by atoms with E-state index >= 15 is 0 Å². The molecule has 0 fully saturated rings. The molecule has 0 spiro atoms. The minimum atomic E-state index is -1.17. The van der Waals surface area contributed by atoms with Crippen molar-refractivity contribution in [3.8, 4) is 12.3 Å². The van der Waals surface area contributed by atoms with E-state index in [4.69, 9.17) is 16.3 Å². The molecule has 1 atom stereocenters. The van der Waals surface area contributed by atoms with Crippen LogP contribution in [0.5, 0.6) is 0 Å². The maximum Gasteiger partial charge on any atom is 0.327 e. The molecule has 0 saturated carbocycles. The SMILES string of the molecule is C#CCC(NC(=O)NCCOCC(=C)C)C(=O)O. The smallest absolute Gasteiger partial charge is 0.327 e. The highest BCUT2D eigenvalue weighted by atomic mass is 16.5. The van der Waals surface area contributed by atoms with E-state index in [9.17, 15) is 9.59 Å². The van der Waals surface area contributed by atoms with Gasteiger partial charge in [0.25, 0.3) is 0 Å². The number of urea groups is 1. The number of terminal acetylenes is 1. The third kappa shape index (κ3) is 8.19. The van der Waals surface area contributed by atoms with Crippen LogP contribution in [0.15, 0.2) is 12.2 Å². The lowest BCUT2D eigenvalue weighted by atomic mass is 10.2. The number of carboxylic acid groups (broad SMARTS) is 1. The molecule has 0 aromatic carbocycles. The first kappa shape index (κ1) is 16.0. The van der Waals surface area contributed by atoms with Gasteiger partial charge in [0.05, 0.1) is 13.2 Å². The third-order valence-electron chi connectivity index (χ3n) is 1.81. The Labute approximate surface area is 106 Å². The summed E-state index contributed by atoms with van der Waals surface area (Å²) in [5.41, 5.74) is 0.888. The monoisotopic (exact) mass is 254 g/mol. The van der Waals surface area contributed by atoms with Gasteiger partial charge in [0.1, 0.15) is 6.04 Å². The number of ether oxygens (including phenoxy) is 1. The van der Waals surface area contributed by atoms with E-state index in [1.165, 1.54) is 0 Å².